The Hall–Kier alpha value is -0.610. The molecule has 1 N–H and O–H groups in total. The van der Waals surface area contributed by atoms with E-state index in [9.17, 15) is 4.79 Å². The van der Waals surface area contributed by atoms with Gasteiger partial charge in [-0.25, -0.2) is 0 Å². The molecule has 4 nitrogen and oxygen atoms in total. The van der Waals surface area contributed by atoms with Crippen molar-refractivity contribution in [3.05, 3.63) is 0 Å². The van der Waals surface area contributed by atoms with Crippen LogP contribution in [-0.4, -0.2) is 50.2 Å². The van der Waals surface area contributed by atoms with Crippen LogP contribution < -0.4 is 5.32 Å². The van der Waals surface area contributed by atoms with E-state index in [0.29, 0.717) is 6.04 Å². The molecule has 0 aromatic rings. The molecule has 0 aromatic carbocycles. The molecule has 1 unspecified atom stereocenters. The van der Waals surface area contributed by atoms with E-state index in [0.717, 1.165) is 13.0 Å². The minimum absolute atomic E-state index is 0.179. The van der Waals surface area contributed by atoms with Gasteiger partial charge in [-0.2, -0.15) is 0 Å². The van der Waals surface area contributed by atoms with Crippen LogP contribution >= 0.6 is 0 Å². The van der Waals surface area contributed by atoms with Gasteiger partial charge in [0.2, 0.25) is 0 Å². The zero-order valence-electron chi connectivity index (χ0n) is 12.3. The van der Waals surface area contributed by atoms with Crippen LogP contribution in [0.15, 0.2) is 0 Å². The molecule has 0 aromatic heterocycles. The minimum Gasteiger partial charge on any atom is -0.468 e. The number of methoxy groups -OCH3 is 1. The number of likely N-dealkylation sites (N-methyl/N-ethyl adjacent to an activating group) is 1. The van der Waals surface area contributed by atoms with Crippen molar-refractivity contribution >= 4 is 5.97 Å². The molecule has 4 heteroatoms. The zero-order chi connectivity index (χ0) is 13.6. The van der Waals surface area contributed by atoms with Gasteiger partial charge in [-0.05, 0) is 40.3 Å². The van der Waals surface area contributed by atoms with Gasteiger partial charge in [0.1, 0.15) is 5.54 Å². The summed E-state index contributed by atoms with van der Waals surface area (Å²) < 4.78 is 4.86. The molecule has 0 saturated heterocycles. The average Bonchev–Trinajstić information content (AvgIpc) is 2.44. The van der Waals surface area contributed by atoms with Crippen LogP contribution in [0.25, 0.3) is 0 Å². The van der Waals surface area contributed by atoms with Crippen LogP contribution in [0.1, 0.15) is 45.4 Å². The highest BCUT2D eigenvalue weighted by Crippen LogP contribution is 2.22. The van der Waals surface area contributed by atoms with Crippen molar-refractivity contribution in [3.8, 4) is 0 Å². The maximum Gasteiger partial charge on any atom is 0.325 e. The summed E-state index contributed by atoms with van der Waals surface area (Å²) in [4.78, 5) is 14.2. The summed E-state index contributed by atoms with van der Waals surface area (Å²) in [5.74, 6) is -0.179. The van der Waals surface area contributed by atoms with Gasteiger partial charge >= 0.3 is 5.97 Å². The van der Waals surface area contributed by atoms with Crippen LogP contribution in [0, 0.1) is 0 Å². The molecule has 1 aliphatic rings. The number of nitrogens with zero attached hydrogens (tertiary/aromatic N) is 1. The predicted octanol–water partition coefficient (Wildman–Crippen LogP) is 1.79. The number of hydrogen-bond acceptors (Lipinski definition) is 4. The number of carbonyl (C=O) groups is 1. The summed E-state index contributed by atoms with van der Waals surface area (Å²) in [6.45, 7) is 2.84. The molecule has 1 atom stereocenters. The lowest BCUT2D eigenvalue weighted by atomic mass is 9.93. The van der Waals surface area contributed by atoms with Gasteiger partial charge in [0, 0.05) is 12.6 Å². The van der Waals surface area contributed by atoms with E-state index >= 15 is 0 Å². The Morgan fingerprint density at radius 1 is 1.39 bits per heavy atom. The highest BCUT2D eigenvalue weighted by molar-refractivity contribution is 5.80. The molecule has 1 fully saturated rings. The van der Waals surface area contributed by atoms with Crippen LogP contribution in [0.4, 0.5) is 0 Å². The van der Waals surface area contributed by atoms with Crippen molar-refractivity contribution in [1.82, 2.24) is 10.2 Å². The molecule has 0 bridgehead atoms. The minimum atomic E-state index is -0.572. The standard InChI is InChI=1S/C14H28N2O2/c1-14(15-2,13(17)18-4)10-11-16(3)12-8-6-5-7-9-12/h12,15H,5-11H2,1-4H3. The number of carbonyl (C=O) groups excluding carboxylic acids is 1. The fourth-order valence-electron chi connectivity index (χ4n) is 2.66. The number of hydrogen-bond donors (Lipinski definition) is 1. The molecule has 0 amide bonds. The Bertz CT molecular complexity index is 265. The molecular formula is C14H28N2O2. The molecule has 1 aliphatic carbocycles. The first-order chi connectivity index (χ1) is 8.53. The average molecular weight is 256 g/mol. The maximum absolute atomic E-state index is 11.8. The third-order valence-corrected chi connectivity index (χ3v) is 4.35. The van der Waals surface area contributed by atoms with Crippen molar-refractivity contribution in [2.24, 2.45) is 0 Å². The summed E-state index contributed by atoms with van der Waals surface area (Å²) in [7, 11) is 5.43. The van der Waals surface area contributed by atoms with E-state index in [-0.39, 0.29) is 5.97 Å². The van der Waals surface area contributed by atoms with Gasteiger partial charge < -0.3 is 15.0 Å². The highest BCUT2D eigenvalue weighted by Gasteiger charge is 2.33. The highest BCUT2D eigenvalue weighted by atomic mass is 16.5. The molecule has 18 heavy (non-hydrogen) atoms. The Morgan fingerprint density at radius 2 is 2.00 bits per heavy atom. The van der Waals surface area contributed by atoms with Crippen molar-refractivity contribution in [2.45, 2.75) is 57.0 Å². The lowest BCUT2D eigenvalue weighted by molar-refractivity contribution is -0.148. The fraction of sp³-hybridized carbons (Fsp3) is 0.929. The predicted molar refractivity (Wildman–Crippen MR) is 73.6 cm³/mol. The molecule has 0 spiro atoms. The van der Waals surface area contributed by atoms with Crippen LogP contribution in [0.2, 0.25) is 0 Å². The third kappa shape index (κ3) is 3.95. The van der Waals surface area contributed by atoms with Crippen LogP contribution in [0.3, 0.4) is 0 Å². The molecule has 0 radical (unpaired) electrons. The number of rotatable bonds is 6. The van der Waals surface area contributed by atoms with Gasteiger partial charge in [0.25, 0.3) is 0 Å². The summed E-state index contributed by atoms with van der Waals surface area (Å²) in [6, 6.07) is 0.692. The van der Waals surface area contributed by atoms with Gasteiger partial charge in [-0.15, -0.1) is 0 Å². The second kappa shape index (κ2) is 7.10. The largest absolute Gasteiger partial charge is 0.468 e. The molecule has 1 saturated carbocycles. The van der Waals surface area contributed by atoms with E-state index in [1.54, 1.807) is 0 Å². The molecule has 0 heterocycles. The fourth-order valence-corrected chi connectivity index (χ4v) is 2.66. The zero-order valence-corrected chi connectivity index (χ0v) is 12.3. The van der Waals surface area contributed by atoms with Crippen molar-refractivity contribution in [3.63, 3.8) is 0 Å². The quantitative estimate of drug-likeness (QED) is 0.736. The monoisotopic (exact) mass is 256 g/mol. The van der Waals surface area contributed by atoms with Crippen LogP contribution in [-0.2, 0) is 9.53 Å². The third-order valence-electron chi connectivity index (χ3n) is 4.35. The Morgan fingerprint density at radius 3 is 2.50 bits per heavy atom. The first-order valence-corrected chi connectivity index (χ1v) is 7.01. The smallest absolute Gasteiger partial charge is 0.325 e. The van der Waals surface area contributed by atoms with E-state index in [4.69, 9.17) is 4.74 Å². The van der Waals surface area contributed by atoms with Crippen LogP contribution in [0.5, 0.6) is 0 Å². The first kappa shape index (κ1) is 15.4. The van der Waals surface area contributed by atoms with E-state index < -0.39 is 5.54 Å². The first-order valence-electron chi connectivity index (χ1n) is 7.01. The second-order valence-electron chi connectivity index (χ2n) is 5.60. The number of nitrogens with one attached hydrogen (secondary N) is 1. The summed E-state index contributed by atoms with van der Waals surface area (Å²) >= 11 is 0. The molecule has 106 valence electrons. The lowest BCUT2D eigenvalue weighted by Gasteiger charge is -2.34. The number of esters is 1. The summed E-state index contributed by atoms with van der Waals surface area (Å²) in [5, 5.41) is 3.09. The molecule has 0 aliphatic heterocycles. The van der Waals surface area contributed by atoms with Crippen molar-refractivity contribution in [1.29, 1.82) is 0 Å². The van der Waals surface area contributed by atoms with Crippen molar-refractivity contribution < 1.29 is 9.53 Å². The van der Waals surface area contributed by atoms with Gasteiger partial charge in [-0.1, -0.05) is 19.3 Å². The van der Waals surface area contributed by atoms with Gasteiger partial charge in [0.05, 0.1) is 7.11 Å². The normalized spacial score (nSPS) is 20.7. The molecular weight excluding hydrogens is 228 g/mol. The molecule has 1 rings (SSSR count). The van der Waals surface area contributed by atoms with Gasteiger partial charge in [0.15, 0.2) is 0 Å². The SMILES string of the molecule is CNC(C)(CCN(C)C1CCCCC1)C(=O)OC. The Balaban J connectivity index is 2.44. The van der Waals surface area contributed by atoms with E-state index in [1.165, 1.54) is 39.2 Å². The Kier molecular flexibility index (Phi) is 6.09. The second-order valence-corrected chi connectivity index (χ2v) is 5.60. The van der Waals surface area contributed by atoms with E-state index in [2.05, 4.69) is 17.3 Å². The topological polar surface area (TPSA) is 41.6 Å². The number of ether oxygens (including phenoxy) is 1. The summed E-state index contributed by atoms with van der Waals surface area (Å²) in [6.07, 6.45) is 7.44. The summed E-state index contributed by atoms with van der Waals surface area (Å²) in [5.41, 5.74) is -0.572. The Labute approximate surface area is 111 Å². The van der Waals surface area contributed by atoms with Gasteiger partial charge in [-0.3, -0.25) is 4.79 Å². The van der Waals surface area contributed by atoms with Crippen molar-refractivity contribution in [2.75, 3.05) is 27.7 Å². The maximum atomic E-state index is 11.8. The van der Waals surface area contributed by atoms with E-state index in [1.807, 2.05) is 14.0 Å². The lowest BCUT2D eigenvalue weighted by Crippen LogP contribution is -2.50.